The predicted octanol–water partition coefficient (Wildman–Crippen LogP) is 2.67. The van der Waals surface area contributed by atoms with E-state index in [-0.39, 0.29) is 5.57 Å². The van der Waals surface area contributed by atoms with Crippen LogP contribution in [0.15, 0.2) is 22.9 Å². The van der Waals surface area contributed by atoms with Crippen molar-refractivity contribution in [2.45, 2.75) is 32.1 Å². The Balaban J connectivity index is 2.13. The van der Waals surface area contributed by atoms with Gasteiger partial charge in [0.2, 0.25) is 0 Å². The number of nitriles is 2. The molecule has 0 N–H and O–H groups in total. The third-order valence-electron chi connectivity index (χ3n) is 4.34. The first-order chi connectivity index (χ1) is 10.1. The lowest BCUT2D eigenvalue weighted by Crippen LogP contribution is -2.28. The quantitative estimate of drug-likeness (QED) is 0.748. The Labute approximate surface area is 127 Å². The maximum atomic E-state index is 9.16. The Morgan fingerprint density at radius 1 is 1.19 bits per heavy atom. The highest BCUT2D eigenvalue weighted by atomic mass is 15.2. The van der Waals surface area contributed by atoms with E-state index in [1.54, 1.807) is 0 Å². The van der Waals surface area contributed by atoms with Gasteiger partial charge in [-0.15, -0.1) is 0 Å². The second-order valence-corrected chi connectivity index (χ2v) is 6.37. The van der Waals surface area contributed by atoms with Crippen molar-refractivity contribution in [3.05, 3.63) is 22.9 Å². The van der Waals surface area contributed by atoms with Gasteiger partial charge in [-0.2, -0.15) is 10.5 Å². The van der Waals surface area contributed by atoms with Crippen molar-refractivity contribution in [3.63, 3.8) is 0 Å². The summed E-state index contributed by atoms with van der Waals surface area (Å²) in [5.41, 5.74) is 2.31. The first-order valence-corrected chi connectivity index (χ1v) is 7.77. The second-order valence-electron chi connectivity index (χ2n) is 6.37. The van der Waals surface area contributed by atoms with E-state index in [1.807, 2.05) is 25.2 Å². The largest absolute Gasteiger partial charge is 0.383 e. The number of likely N-dealkylation sites (tertiary alicyclic amines) is 1. The van der Waals surface area contributed by atoms with E-state index >= 15 is 0 Å². The number of allylic oxidation sites excluding steroid dienone is 1. The molecule has 1 aliphatic heterocycles. The summed E-state index contributed by atoms with van der Waals surface area (Å²) in [6.07, 6.45) is 8.77. The molecule has 4 nitrogen and oxygen atoms in total. The molecule has 0 radical (unpaired) electrons. The fourth-order valence-electron chi connectivity index (χ4n) is 3.41. The van der Waals surface area contributed by atoms with E-state index in [2.05, 4.69) is 17.0 Å². The van der Waals surface area contributed by atoms with Gasteiger partial charge < -0.3 is 4.90 Å². The standard InChI is InChI=1S/C17H24N4/c1-20(2)11-16-12-21(10-14-6-4-3-5-7-14)13-17(16)15(8-18)9-19/h11,14H,3-7,10,12-13H2,1-2H3/b16-11-. The van der Waals surface area contributed by atoms with Crippen molar-refractivity contribution in [2.75, 3.05) is 33.7 Å². The normalized spacial score (nSPS) is 22.1. The summed E-state index contributed by atoms with van der Waals surface area (Å²) in [6, 6.07) is 4.11. The molecule has 0 unspecified atom stereocenters. The average Bonchev–Trinajstić information content (AvgIpc) is 2.83. The molecule has 2 rings (SSSR count). The molecule has 1 aliphatic carbocycles. The SMILES string of the molecule is CN(C)/C=C1/CN(CC2CCCCC2)CC1=C(C#N)C#N. The highest BCUT2D eigenvalue weighted by molar-refractivity contribution is 5.52. The topological polar surface area (TPSA) is 54.1 Å². The molecule has 21 heavy (non-hydrogen) atoms. The first-order valence-electron chi connectivity index (χ1n) is 7.77. The molecule has 1 saturated heterocycles. The summed E-state index contributed by atoms with van der Waals surface area (Å²) in [7, 11) is 3.96. The molecular formula is C17H24N4. The lowest BCUT2D eigenvalue weighted by Gasteiger charge is -2.26. The minimum Gasteiger partial charge on any atom is -0.383 e. The third-order valence-corrected chi connectivity index (χ3v) is 4.34. The van der Waals surface area contributed by atoms with E-state index in [4.69, 9.17) is 10.5 Å². The minimum atomic E-state index is 0.272. The molecule has 0 atom stereocenters. The summed E-state index contributed by atoms with van der Waals surface area (Å²) in [5.74, 6) is 0.784. The Bertz CT molecular complexity index is 494. The van der Waals surface area contributed by atoms with E-state index in [9.17, 15) is 0 Å². The van der Waals surface area contributed by atoms with E-state index in [1.165, 1.54) is 32.1 Å². The van der Waals surface area contributed by atoms with Crippen LogP contribution in [0.3, 0.4) is 0 Å². The molecule has 2 fully saturated rings. The molecular weight excluding hydrogens is 260 g/mol. The second kappa shape index (κ2) is 7.29. The van der Waals surface area contributed by atoms with Crippen LogP contribution in [0.5, 0.6) is 0 Å². The maximum absolute atomic E-state index is 9.16. The van der Waals surface area contributed by atoms with E-state index in [0.717, 1.165) is 36.7 Å². The Morgan fingerprint density at radius 2 is 1.86 bits per heavy atom. The van der Waals surface area contributed by atoms with Gasteiger partial charge in [0.25, 0.3) is 0 Å². The molecule has 0 amide bonds. The van der Waals surface area contributed by atoms with E-state index < -0.39 is 0 Å². The van der Waals surface area contributed by atoms with Gasteiger partial charge in [-0.1, -0.05) is 19.3 Å². The summed E-state index contributed by atoms with van der Waals surface area (Å²) in [5, 5.41) is 18.3. The van der Waals surface area contributed by atoms with Gasteiger partial charge in [0.05, 0.1) is 0 Å². The van der Waals surface area contributed by atoms with Crippen LogP contribution in [0.1, 0.15) is 32.1 Å². The Hall–Kier alpha value is -1.78. The molecule has 0 aromatic carbocycles. The van der Waals surface area contributed by atoms with Crippen LogP contribution < -0.4 is 0 Å². The van der Waals surface area contributed by atoms with Gasteiger partial charge in [0.15, 0.2) is 0 Å². The lowest BCUT2D eigenvalue weighted by molar-refractivity contribution is 0.241. The zero-order valence-electron chi connectivity index (χ0n) is 13.1. The Morgan fingerprint density at radius 3 is 2.43 bits per heavy atom. The third kappa shape index (κ3) is 4.09. The number of nitrogens with zero attached hydrogens (tertiary/aromatic N) is 4. The number of hydrogen-bond donors (Lipinski definition) is 0. The zero-order chi connectivity index (χ0) is 15.2. The maximum Gasteiger partial charge on any atom is 0.134 e. The average molecular weight is 284 g/mol. The summed E-state index contributed by atoms with van der Waals surface area (Å²) in [4.78, 5) is 4.39. The van der Waals surface area contributed by atoms with Crippen LogP contribution in [-0.4, -0.2) is 43.5 Å². The molecule has 2 aliphatic rings. The number of hydrogen-bond acceptors (Lipinski definition) is 4. The Kier molecular flexibility index (Phi) is 5.42. The molecule has 0 spiro atoms. The summed E-state index contributed by atoms with van der Waals surface area (Å²) in [6.45, 7) is 2.70. The molecule has 0 aromatic heterocycles. The highest BCUT2D eigenvalue weighted by Gasteiger charge is 2.27. The summed E-state index contributed by atoms with van der Waals surface area (Å²) < 4.78 is 0. The van der Waals surface area contributed by atoms with Crippen molar-refractivity contribution in [1.82, 2.24) is 9.80 Å². The molecule has 0 bridgehead atoms. The van der Waals surface area contributed by atoms with Gasteiger partial charge in [-0.05, 0) is 24.3 Å². The first kappa shape index (κ1) is 15.6. The van der Waals surface area contributed by atoms with Gasteiger partial charge in [0.1, 0.15) is 17.7 Å². The van der Waals surface area contributed by atoms with Crippen LogP contribution in [0.25, 0.3) is 0 Å². The van der Waals surface area contributed by atoms with Crippen LogP contribution in [0.4, 0.5) is 0 Å². The van der Waals surface area contributed by atoms with Crippen LogP contribution >= 0.6 is 0 Å². The molecule has 0 aromatic rings. The smallest absolute Gasteiger partial charge is 0.134 e. The molecule has 1 heterocycles. The van der Waals surface area contributed by atoms with Crippen molar-refractivity contribution in [1.29, 1.82) is 10.5 Å². The predicted molar refractivity (Wildman–Crippen MR) is 83.0 cm³/mol. The van der Waals surface area contributed by atoms with Crippen molar-refractivity contribution >= 4 is 0 Å². The van der Waals surface area contributed by atoms with Gasteiger partial charge >= 0.3 is 0 Å². The lowest BCUT2D eigenvalue weighted by atomic mass is 9.89. The fraction of sp³-hybridized carbons (Fsp3) is 0.647. The van der Waals surface area contributed by atoms with E-state index in [0.29, 0.717) is 0 Å². The van der Waals surface area contributed by atoms with Gasteiger partial charge in [-0.3, -0.25) is 4.90 Å². The fourth-order valence-corrected chi connectivity index (χ4v) is 3.41. The minimum absolute atomic E-state index is 0.272. The number of rotatable bonds is 3. The summed E-state index contributed by atoms with van der Waals surface area (Å²) >= 11 is 0. The highest BCUT2D eigenvalue weighted by Crippen LogP contribution is 2.29. The monoisotopic (exact) mass is 284 g/mol. The zero-order valence-corrected chi connectivity index (χ0v) is 13.1. The molecule has 112 valence electrons. The van der Waals surface area contributed by atoms with Crippen LogP contribution in [0, 0.1) is 28.6 Å². The molecule has 4 heteroatoms. The van der Waals surface area contributed by atoms with Crippen molar-refractivity contribution in [2.24, 2.45) is 5.92 Å². The van der Waals surface area contributed by atoms with Crippen molar-refractivity contribution < 1.29 is 0 Å². The van der Waals surface area contributed by atoms with Crippen LogP contribution in [-0.2, 0) is 0 Å². The van der Waals surface area contributed by atoms with Crippen molar-refractivity contribution in [3.8, 4) is 12.1 Å². The molecule has 1 saturated carbocycles. The van der Waals surface area contributed by atoms with Gasteiger partial charge in [0, 0.05) is 45.5 Å². The van der Waals surface area contributed by atoms with Crippen LogP contribution in [0.2, 0.25) is 0 Å². The van der Waals surface area contributed by atoms with Gasteiger partial charge in [-0.25, -0.2) is 0 Å².